The Labute approximate surface area is 257 Å². The smallest absolute Gasteiger partial charge is 0.270 e. The van der Waals surface area contributed by atoms with Crippen molar-refractivity contribution in [2.75, 3.05) is 0 Å². The molecule has 1 amide bonds. The number of amides is 1. The number of aryl methyl sites for hydroxylation is 1. The van der Waals surface area contributed by atoms with E-state index in [1.165, 1.54) is 18.4 Å². The van der Waals surface area contributed by atoms with Gasteiger partial charge in [0.1, 0.15) is 29.0 Å². The Kier molecular flexibility index (Phi) is 8.33. The first kappa shape index (κ1) is 29.4. The van der Waals surface area contributed by atoms with Gasteiger partial charge in [-0.05, 0) is 103 Å². The maximum Gasteiger partial charge on any atom is 0.270 e. The average Bonchev–Trinajstić information content (AvgIpc) is 3.69. The monoisotopic (exact) mass is 590 g/mol. The molecule has 1 fully saturated rings. The fourth-order valence-electron chi connectivity index (χ4n) is 5.49. The molecule has 6 rings (SSSR count). The molecule has 5 aromatic rings. The summed E-state index contributed by atoms with van der Waals surface area (Å²) in [4.78, 5) is 22.3. The lowest BCUT2D eigenvalue weighted by atomic mass is 9.87. The van der Waals surface area contributed by atoms with Crippen LogP contribution in [0.1, 0.15) is 85.8 Å². The summed E-state index contributed by atoms with van der Waals surface area (Å²) < 4.78 is 17.7. The van der Waals surface area contributed by atoms with E-state index in [-0.39, 0.29) is 17.0 Å². The lowest BCUT2D eigenvalue weighted by molar-refractivity contribution is 0.0923. The van der Waals surface area contributed by atoms with E-state index in [4.69, 9.17) is 14.0 Å². The van der Waals surface area contributed by atoms with Gasteiger partial charge in [-0.3, -0.25) is 9.78 Å². The number of pyridine rings is 1. The van der Waals surface area contributed by atoms with Gasteiger partial charge in [-0.1, -0.05) is 50.2 Å². The Bertz CT molecular complexity index is 1730. The summed E-state index contributed by atoms with van der Waals surface area (Å²) in [6, 6.07) is 23.1. The van der Waals surface area contributed by atoms with E-state index in [1.54, 1.807) is 19.2 Å². The first-order valence-electron chi connectivity index (χ1n) is 15.2. The molecule has 1 aliphatic rings. The SMILES string of the molecule is Cc1noc([C@H](Cc2ccc(OC3CCCC3)cc2)NC(=O)c2cc3cc(Oc4ccc(C(C)(C)C)cc4)ccc3cn2)n1. The molecule has 44 heavy (non-hydrogen) atoms. The van der Waals surface area contributed by atoms with Crippen molar-refractivity contribution in [3.63, 3.8) is 0 Å². The number of carbonyl (C=O) groups excluding carboxylic acids is 1. The molecule has 0 saturated heterocycles. The molecule has 1 N–H and O–H groups in total. The van der Waals surface area contributed by atoms with Crippen molar-refractivity contribution in [1.29, 1.82) is 0 Å². The zero-order valence-corrected chi connectivity index (χ0v) is 25.7. The van der Waals surface area contributed by atoms with Crippen LogP contribution in [0.3, 0.4) is 0 Å². The number of fused-ring (bicyclic) bond motifs is 1. The Morgan fingerprint density at radius 2 is 1.64 bits per heavy atom. The van der Waals surface area contributed by atoms with E-state index in [0.29, 0.717) is 30.0 Å². The Balaban J connectivity index is 1.17. The van der Waals surface area contributed by atoms with Gasteiger partial charge >= 0.3 is 0 Å². The van der Waals surface area contributed by atoms with Crippen LogP contribution < -0.4 is 14.8 Å². The highest BCUT2D eigenvalue weighted by Crippen LogP contribution is 2.30. The summed E-state index contributed by atoms with van der Waals surface area (Å²) in [6.07, 6.45) is 7.12. The number of hydrogen-bond acceptors (Lipinski definition) is 7. The Morgan fingerprint density at radius 1 is 0.932 bits per heavy atom. The molecule has 0 unspecified atom stereocenters. The van der Waals surface area contributed by atoms with Crippen LogP contribution in [0.5, 0.6) is 17.2 Å². The number of nitrogens with zero attached hydrogens (tertiary/aromatic N) is 3. The maximum atomic E-state index is 13.5. The average molecular weight is 591 g/mol. The number of carbonyl (C=O) groups is 1. The van der Waals surface area contributed by atoms with Crippen LogP contribution in [0.15, 0.2) is 83.5 Å². The van der Waals surface area contributed by atoms with E-state index in [1.807, 2.05) is 54.6 Å². The van der Waals surface area contributed by atoms with E-state index in [2.05, 4.69) is 53.3 Å². The van der Waals surface area contributed by atoms with Crippen LogP contribution >= 0.6 is 0 Å². The molecular weight excluding hydrogens is 552 g/mol. The molecule has 2 aromatic heterocycles. The van der Waals surface area contributed by atoms with E-state index >= 15 is 0 Å². The third-order valence-corrected chi connectivity index (χ3v) is 8.00. The van der Waals surface area contributed by atoms with Crippen LogP contribution in [-0.4, -0.2) is 27.1 Å². The second kappa shape index (κ2) is 12.5. The molecule has 0 spiro atoms. The zero-order valence-electron chi connectivity index (χ0n) is 25.7. The first-order valence-corrected chi connectivity index (χ1v) is 15.2. The van der Waals surface area contributed by atoms with Crippen molar-refractivity contribution < 1.29 is 18.8 Å². The van der Waals surface area contributed by atoms with Crippen LogP contribution in [0.4, 0.5) is 0 Å². The van der Waals surface area contributed by atoms with E-state index in [9.17, 15) is 4.79 Å². The van der Waals surface area contributed by atoms with Gasteiger partial charge < -0.3 is 19.3 Å². The van der Waals surface area contributed by atoms with Gasteiger partial charge in [0.15, 0.2) is 5.82 Å². The zero-order chi connectivity index (χ0) is 30.7. The van der Waals surface area contributed by atoms with Crippen molar-refractivity contribution in [1.82, 2.24) is 20.4 Å². The normalized spacial score (nSPS) is 14.5. The van der Waals surface area contributed by atoms with Crippen LogP contribution in [-0.2, 0) is 11.8 Å². The van der Waals surface area contributed by atoms with Gasteiger partial charge in [0.05, 0.1) is 6.10 Å². The maximum absolute atomic E-state index is 13.5. The van der Waals surface area contributed by atoms with Crippen LogP contribution in [0.2, 0.25) is 0 Å². The molecule has 0 aliphatic heterocycles. The predicted octanol–water partition coefficient (Wildman–Crippen LogP) is 8.05. The minimum Gasteiger partial charge on any atom is -0.490 e. The van der Waals surface area contributed by atoms with Gasteiger partial charge in [0.2, 0.25) is 5.89 Å². The van der Waals surface area contributed by atoms with Crippen molar-refractivity contribution in [3.05, 3.63) is 108 Å². The first-order chi connectivity index (χ1) is 21.2. The highest BCUT2D eigenvalue weighted by Gasteiger charge is 2.23. The predicted molar refractivity (Wildman–Crippen MR) is 169 cm³/mol. The van der Waals surface area contributed by atoms with Crippen LogP contribution in [0, 0.1) is 6.92 Å². The lowest BCUT2D eigenvalue weighted by Gasteiger charge is -2.19. The van der Waals surface area contributed by atoms with Crippen molar-refractivity contribution in [3.8, 4) is 17.2 Å². The molecule has 8 nitrogen and oxygen atoms in total. The van der Waals surface area contributed by atoms with Gasteiger partial charge in [0, 0.05) is 18.0 Å². The summed E-state index contributed by atoms with van der Waals surface area (Å²) in [5.74, 6) is 2.80. The minimum absolute atomic E-state index is 0.0704. The van der Waals surface area contributed by atoms with Gasteiger partial charge in [-0.15, -0.1) is 0 Å². The Hall–Kier alpha value is -4.72. The number of nitrogens with one attached hydrogen (secondary N) is 1. The summed E-state index contributed by atoms with van der Waals surface area (Å²) in [6.45, 7) is 8.31. The molecular formula is C36H38N4O4. The number of benzene rings is 3. The summed E-state index contributed by atoms with van der Waals surface area (Å²) in [7, 11) is 0. The number of ether oxygens (including phenoxy) is 2. The minimum atomic E-state index is -0.534. The second-order valence-electron chi connectivity index (χ2n) is 12.5. The summed E-state index contributed by atoms with van der Waals surface area (Å²) in [5, 5.41) is 8.75. The van der Waals surface area contributed by atoms with Gasteiger partial charge in [-0.25, -0.2) is 0 Å². The molecule has 2 heterocycles. The molecule has 0 radical (unpaired) electrons. The summed E-state index contributed by atoms with van der Waals surface area (Å²) >= 11 is 0. The quantitative estimate of drug-likeness (QED) is 0.185. The highest BCUT2D eigenvalue weighted by molar-refractivity contribution is 5.96. The molecule has 1 atom stereocenters. The van der Waals surface area contributed by atoms with Gasteiger partial charge in [0.25, 0.3) is 5.91 Å². The second-order valence-corrected chi connectivity index (χ2v) is 12.5. The number of rotatable bonds is 9. The van der Waals surface area contributed by atoms with Crippen molar-refractivity contribution in [2.45, 2.75) is 77.4 Å². The van der Waals surface area contributed by atoms with E-state index in [0.717, 1.165) is 40.7 Å². The molecule has 8 heteroatoms. The molecule has 226 valence electrons. The third kappa shape index (κ3) is 7.08. The lowest BCUT2D eigenvalue weighted by Crippen LogP contribution is -2.31. The standard InChI is InChI=1S/C36H38N4O4/c1-23-38-35(44-40-23)33(19-24-9-14-29(15-10-24)42-28-7-5-6-8-28)39-34(41)32-21-26-20-31(16-11-25(26)22-37-32)43-30-17-12-27(13-18-30)36(2,3)4/h9-18,20-22,28,33H,5-8,19H2,1-4H3,(H,39,41)/t33-/m0/s1. The molecule has 3 aromatic carbocycles. The summed E-state index contributed by atoms with van der Waals surface area (Å²) in [5.41, 5.74) is 2.60. The topological polar surface area (TPSA) is 99.4 Å². The fourth-order valence-corrected chi connectivity index (χ4v) is 5.49. The fraction of sp³-hybridized carbons (Fsp3) is 0.333. The number of hydrogen-bond donors (Lipinski definition) is 1. The van der Waals surface area contributed by atoms with Gasteiger partial charge in [-0.2, -0.15) is 4.98 Å². The molecule has 1 saturated carbocycles. The van der Waals surface area contributed by atoms with Crippen molar-refractivity contribution in [2.24, 2.45) is 0 Å². The largest absolute Gasteiger partial charge is 0.490 e. The van der Waals surface area contributed by atoms with Crippen LogP contribution in [0.25, 0.3) is 10.8 Å². The molecule has 1 aliphatic carbocycles. The molecule has 0 bridgehead atoms. The van der Waals surface area contributed by atoms with Crippen molar-refractivity contribution >= 4 is 16.7 Å². The number of aromatic nitrogens is 3. The van der Waals surface area contributed by atoms with E-state index < -0.39 is 6.04 Å². The third-order valence-electron chi connectivity index (χ3n) is 8.00. The highest BCUT2D eigenvalue weighted by atomic mass is 16.5. The Morgan fingerprint density at radius 3 is 2.32 bits per heavy atom.